The van der Waals surface area contributed by atoms with Gasteiger partial charge >= 0.3 is 5.97 Å². The third-order valence-electron chi connectivity index (χ3n) is 7.05. The number of thioether (sulfide) groups is 1. The number of carbonyl (C=O) groups is 2. The molecule has 1 fully saturated rings. The van der Waals surface area contributed by atoms with Crippen LogP contribution in [0.15, 0.2) is 53.9 Å². The van der Waals surface area contributed by atoms with Crippen LogP contribution in [0.3, 0.4) is 0 Å². The van der Waals surface area contributed by atoms with Gasteiger partial charge in [0.05, 0.1) is 30.0 Å². The van der Waals surface area contributed by atoms with Gasteiger partial charge in [0.15, 0.2) is 16.7 Å². The van der Waals surface area contributed by atoms with Gasteiger partial charge in [-0.15, -0.1) is 0 Å². The number of hydrogen-bond acceptors (Lipinski definition) is 9. The van der Waals surface area contributed by atoms with Crippen LogP contribution in [0.1, 0.15) is 39.2 Å². The largest absolute Gasteiger partial charge is 0.493 e. The predicted octanol–water partition coefficient (Wildman–Crippen LogP) is 6.00. The van der Waals surface area contributed by atoms with Crippen molar-refractivity contribution >= 4 is 46.8 Å². The quantitative estimate of drug-likeness (QED) is 0.137. The highest BCUT2D eigenvalue weighted by molar-refractivity contribution is 7.99. The molecule has 0 spiro atoms. The highest BCUT2D eigenvalue weighted by atomic mass is 35.5. The molecule has 0 bridgehead atoms. The molecule has 3 atom stereocenters. The van der Waals surface area contributed by atoms with Gasteiger partial charge in [0, 0.05) is 24.0 Å². The monoisotopic (exact) mass is 660 g/mol. The fraction of sp³-hybridized carbons (Fsp3) is 0.438. The molecule has 1 unspecified atom stereocenters. The summed E-state index contributed by atoms with van der Waals surface area (Å²) >= 11 is 13.4. The number of amides is 1. The molecule has 2 heterocycles. The summed E-state index contributed by atoms with van der Waals surface area (Å²) in [6.07, 6.45) is 5.49. The number of carbonyl (C=O) groups excluding carboxylic acids is 2. The Bertz CT molecular complexity index is 1450. The van der Waals surface area contributed by atoms with Gasteiger partial charge in [-0.3, -0.25) is 4.79 Å². The lowest BCUT2D eigenvalue weighted by atomic mass is 9.94. The van der Waals surface area contributed by atoms with Gasteiger partial charge in [-0.2, -0.15) is 0 Å². The van der Waals surface area contributed by atoms with Gasteiger partial charge in [0.25, 0.3) is 0 Å². The van der Waals surface area contributed by atoms with Crippen molar-refractivity contribution in [1.29, 1.82) is 0 Å². The maximum atomic E-state index is 13.1. The number of nitrogens with zero attached hydrogens (tertiary/aromatic N) is 2. The minimum absolute atomic E-state index is 0.0423. The Hall–Kier alpha value is -3.05. The molecule has 12 heteroatoms. The maximum Gasteiger partial charge on any atom is 0.329 e. The minimum atomic E-state index is -0.795. The van der Waals surface area contributed by atoms with Crippen molar-refractivity contribution in [2.75, 3.05) is 26.5 Å². The Kier molecular flexibility index (Phi) is 11.8. The van der Waals surface area contributed by atoms with Crippen LogP contribution < -0.4 is 20.1 Å². The highest BCUT2D eigenvalue weighted by Crippen LogP contribution is 2.32. The van der Waals surface area contributed by atoms with Crippen molar-refractivity contribution < 1.29 is 23.8 Å². The van der Waals surface area contributed by atoms with Crippen LogP contribution in [0.5, 0.6) is 11.5 Å². The molecule has 236 valence electrons. The molecular formula is C32H38Cl2N4O5S. The number of benzene rings is 2. The molecule has 1 aliphatic heterocycles. The lowest BCUT2D eigenvalue weighted by Gasteiger charge is -2.26. The summed E-state index contributed by atoms with van der Waals surface area (Å²) < 4.78 is 16.3. The smallest absolute Gasteiger partial charge is 0.329 e. The molecule has 44 heavy (non-hydrogen) atoms. The molecular weight excluding hydrogens is 623 g/mol. The van der Waals surface area contributed by atoms with E-state index in [1.807, 2.05) is 57.2 Å². The second-order valence-electron chi connectivity index (χ2n) is 11.7. The van der Waals surface area contributed by atoms with Crippen LogP contribution >= 0.6 is 35.0 Å². The van der Waals surface area contributed by atoms with E-state index in [-0.39, 0.29) is 17.7 Å². The molecule has 1 aromatic heterocycles. The van der Waals surface area contributed by atoms with E-state index in [9.17, 15) is 9.59 Å². The van der Waals surface area contributed by atoms with E-state index in [4.69, 9.17) is 37.4 Å². The lowest BCUT2D eigenvalue weighted by Crippen LogP contribution is -2.47. The van der Waals surface area contributed by atoms with Crippen molar-refractivity contribution in [3.8, 4) is 22.6 Å². The van der Waals surface area contributed by atoms with Crippen LogP contribution in [-0.2, 0) is 20.7 Å². The highest BCUT2D eigenvalue weighted by Gasteiger charge is 2.33. The van der Waals surface area contributed by atoms with Crippen molar-refractivity contribution in [2.45, 2.75) is 62.9 Å². The van der Waals surface area contributed by atoms with Gasteiger partial charge in [-0.05, 0) is 87.9 Å². The number of rotatable bonds is 12. The first-order valence-electron chi connectivity index (χ1n) is 14.3. The van der Waals surface area contributed by atoms with Crippen molar-refractivity contribution in [2.24, 2.45) is 5.92 Å². The number of halogens is 2. The second kappa shape index (κ2) is 15.3. The standard InChI is InChI=1S/C32H38Cl2N4O5S/c1-32(2,3)43-30(40)26(14-23-11-20(15-35-23)10-19-6-8-24(33)25(34)12-19)38-29(39)18-44-31-36-16-22(17-37-31)21-7-9-27(41-4)28(13-21)42-5/h6-9,12-13,16-17,20,23,26,35H,10-11,14-15,18H2,1-5H3,(H,38,39)/t20-,23+,26?/m1/s1. The number of esters is 1. The van der Waals surface area contributed by atoms with E-state index in [2.05, 4.69) is 20.6 Å². The lowest BCUT2D eigenvalue weighted by molar-refractivity contribution is -0.158. The summed E-state index contributed by atoms with van der Waals surface area (Å²) in [7, 11) is 3.16. The summed E-state index contributed by atoms with van der Waals surface area (Å²) in [5, 5.41) is 7.91. The number of aromatic nitrogens is 2. The average Bonchev–Trinajstić information content (AvgIpc) is 3.43. The van der Waals surface area contributed by atoms with Gasteiger partial charge in [0.2, 0.25) is 5.91 Å². The third-order valence-corrected chi connectivity index (χ3v) is 8.66. The molecule has 2 aromatic carbocycles. The van der Waals surface area contributed by atoms with E-state index in [0.717, 1.165) is 36.1 Å². The minimum Gasteiger partial charge on any atom is -0.493 e. The summed E-state index contributed by atoms with van der Waals surface area (Å²) in [6.45, 7) is 6.23. The number of methoxy groups -OCH3 is 2. The Morgan fingerprint density at radius 2 is 1.75 bits per heavy atom. The van der Waals surface area contributed by atoms with Gasteiger partial charge in [-0.1, -0.05) is 47.1 Å². The van der Waals surface area contributed by atoms with E-state index < -0.39 is 17.6 Å². The molecule has 1 aliphatic rings. The maximum absolute atomic E-state index is 13.1. The van der Waals surface area contributed by atoms with Crippen LogP contribution in [-0.4, -0.2) is 66.0 Å². The molecule has 0 aliphatic carbocycles. The van der Waals surface area contributed by atoms with Crippen molar-refractivity contribution in [3.05, 3.63) is 64.4 Å². The molecule has 3 aromatic rings. The molecule has 9 nitrogen and oxygen atoms in total. The summed E-state index contributed by atoms with van der Waals surface area (Å²) in [4.78, 5) is 34.9. The first kappa shape index (κ1) is 33.8. The van der Waals surface area contributed by atoms with E-state index in [0.29, 0.717) is 39.0 Å². The van der Waals surface area contributed by atoms with Gasteiger partial charge < -0.3 is 24.8 Å². The average molecular weight is 662 g/mol. The fourth-order valence-electron chi connectivity index (χ4n) is 5.03. The van der Waals surface area contributed by atoms with E-state index >= 15 is 0 Å². The first-order valence-corrected chi connectivity index (χ1v) is 16.0. The topological polar surface area (TPSA) is 112 Å². The van der Waals surface area contributed by atoms with Crippen LogP contribution in [0.2, 0.25) is 10.0 Å². The molecule has 1 saturated heterocycles. The molecule has 2 N–H and O–H groups in total. The van der Waals surface area contributed by atoms with Crippen LogP contribution in [0.25, 0.3) is 11.1 Å². The first-order chi connectivity index (χ1) is 20.9. The van der Waals surface area contributed by atoms with Crippen molar-refractivity contribution in [3.63, 3.8) is 0 Å². The third kappa shape index (κ3) is 9.72. The Labute approximate surface area is 272 Å². The van der Waals surface area contributed by atoms with Gasteiger partial charge in [0.1, 0.15) is 11.6 Å². The number of ether oxygens (including phenoxy) is 3. The van der Waals surface area contributed by atoms with Crippen molar-refractivity contribution in [1.82, 2.24) is 20.6 Å². The van der Waals surface area contributed by atoms with Gasteiger partial charge in [-0.25, -0.2) is 14.8 Å². The number of nitrogens with one attached hydrogen (secondary N) is 2. The predicted molar refractivity (Wildman–Crippen MR) is 174 cm³/mol. The Morgan fingerprint density at radius 3 is 2.41 bits per heavy atom. The van der Waals surface area contributed by atoms with Crippen LogP contribution in [0.4, 0.5) is 0 Å². The summed E-state index contributed by atoms with van der Waals surface area (Å²) in [5.41, 5.74) is 2.10. The second-order valence-corrected chi connectivity index (χ2v) is 13.4. The normalized spacial score (nSPS) is 17.2. The van der Waals surface area contributed by atoms with E-state index in [1.54, 1.807) is 26.6 Å². The molecule has 0 radical (unpaired) electrons. The zero-order valence-corrected chi connectivity index (χ0v) is 27.8. The summed E-state index contributed by atoms with van der Waals surface area (Å²) in [5.74, 6) is 0.890. The zero-order chi connectivity index (χ0) is 31.9. The Morgan fingerprint density at radius 1 is 1.02 bits per heavy atom. The summed E-state index contributed by atoms with van der Waals surface area (Å²) in [6, 6.07) is 10.5. The van der Waals surface area contributed by atoms with E-state index in [1.165, 1.54) is 11.8 Å². The SMILES string of the molecule is COc1ccc(-c2cnc(SCC(=O)NC(C[C@@H]3C[C@@H](Cc4ccc(Cl)c(Cl)c4)CN3)C(=O)OC(C)(C)C)nc2)cc1OC. The molecule has 4 rings (SSSR count). The fourth-order valence-corrected chi connectivity index (χ4v) is 5.95. The van der Waals surface area contributed by atoms with Crippen LogP contribution in [0, 0.1) is 5.92 Å². The molecule has 1 amide bonds. The zero-order valence-electron chi connectivity index (χ0n) is 25.5. The number of hydrogen-bond donors (Lipinski definition) is 2. The Balaban J connectivity index is 1.33. The molecule has 0 saturated carbocycles.